The van der Waals surface area contributed by atoms with Crippen molar-refractivity contribution in [3.63, 3.8) is 0 Å². The summed E-state index contributed by atoms with van der Waals surface area (Å²) >= 11 is 0. The minimum Gasteiger partial charge on any atom is -0.355 e. The highest BCUT2D eigenvalue weighted by molar-refractivity contribution is 5.78. The molecule has 0 saturated heterocycles. The Morgan fingerprint density at radius 3 is 2.88 bits per heavy atom. The molecule has 16 heavy (non-hydrogen) atoms. The van der Waals surface area contributed by atoms with E-state index in [0.29, 0.717) is 0 Å². The number of nitrogens with zero attached hydrogens (tertiary/aromatic N) is 2. The molecule has 0 unspecified atom stereocenters. The summed E-state index contributed by atoms with van der Waals surface area (Å²) in [5.41, 5.74) is 2.26. The molecule has 84 valence electrons. The van der Waals surface area contributed by atoms with Gasteiger partial charge in [0.1, 0.15) is 0 Å². The van der Waals surface area contributed by atoms with Gasteiger partial charge in [-0.2, -0.15) is 0 Å². The van der Waals surface area contributed by atoms with Crippen LogP contribution in [0.5, 0.6) is 0 Å². The molecule has 3 heteroatoms. The molecule has 0 radical (unpaired) electrons. The molecule has 1 aliphatic rings. The number of aryl methyl sites for hydroxylation is 1. The first-order valence-corrected chi connectivity index (χ1v) is 6.00. The number of para-hydroxylation sites is 2. The highest BCUT2D eigenvalue weighted by Gasteiger charge is 2.17. The molecule has 3 nitrogen and oxygen atoms in total. The van der Waals surface area contributed by atoms with E-state index in [1.807, 2.05) is 6.07 Å². The van der Waals surface area contributed by atoms with Crippen molar-refractivity contribution in [1.29, 1.82) is 0 Å². The Bertz CT molecular complexity index is 497. The molecule has 0 aliphatic heterocycles. The molecule has 1 saturated carbocycles. The third-order valence-electron chi connectivity index (χ3n) is 3.56. The number of rotatable bonds is 3. The Morgan fingerprint density at radius 1 is 1.38 bits per heavy atom. The fourth-order valence-electron chi connectivity index (χ4n) is 2.24. The highest BCUT2D eigenvalue weighted by atomic mass is 15.2. The number of benzene rings is 1. The average Bonchev–Trinajstić information content (AvgIpc) is 2.55. The number of imidazole rings is 1. The SMILES string of the molecule is Cn1c(NCC2CCC2)nc2ccccc21. The zero-order valence-electron chi connectivity index (χ0n) is 9.61. The zero-order valence-corrected chi connectivity index (χ0v) is 9.61. The van der Waals surface area contributed by atoms with Crippen LogP contribution in [0.2, 0.25) is 0 Å². The van der Waals surface area contributed by atoms with Crippen molar-refractivity contribution in [2.24, 2.45) is 13.0 Å². The van der Waals surface area contributed by atoms with E-state index in [1.54, 1.807) is 0 Å². The predicted octanol–water partition coefficient (Wildman–Crippen LogP) is 2.79. The first-order valence-electron chi connectivity index (χ1n) is 6.00. The second-order valence-electron chi connectivity index (χ2n) is 4.66. The summed E-state index contributed by atoms with van der Waals surface area (Å²) in [5.74, 6) is 1.85. The van der Waals surface area contributed by atoms with Gasteiger partial charge in [-0.3, -0.25) is 0 Å². The molecule has 0 amide bonds. The van der Waals surface area contributed by atoms with Gasteiger partial charge in [0.15, 0.2) is 0 Å². The summed E-state index contributed by atoms with van der Waals surface area (Å²) in [6.45, 7) is 1.07. The van der Waals surface area contributed by atoms with Crippen LogP contribution in [0, 0.1) is 5.92 Å². The van der Waals surface area contributed by atoms with Crippen molar-refractivity contribution in [3.05, 3.63) is 24.3 Å². The molecular formula is C13H17N3. The molecular weight excluding hydrogens is 198 g/mol. The summed E-state index contributed by atoms with van der Waals surface area (Å²) in [7, 11) is 2.07. The third-order valence-corrected chi connectivity index (χ3v) is 3.56. The van der Waals surface area contributed by atoms with Crippen LogP contribution in [-0.4, -0.2) is 16.1 Å². The third kappa shape index (κ3) is 1.56. The fourth-order valence-corrected chi connectivity index (χ4v) is 2.24. The molecule has 2 aromatic rings. The number of hydrogen-bond acceptors (Lipinski definition) is 2. The van der Waals surface area contributed by atoms with Crippen LogP contribution in [0.4, 0.5) is 5.95 Å². The van der Waals surface area contributed by atoms with Gasteiger partial charge in [0, 0.05) is 13.6 Å². The van der Waals surface area contributed by atoms with Crippen molar-refractivity contribution < 1.29 is 0 Å². The topological polar surface area (TPSA) is 29.9 Å². The Morgan fingerprint density at radius 2 is 2.19 bits per heavy atom. The molecule has 3 rings (SSSR count). The smallest absolute Gasteiger partial charge is 0.203 e. The lowest BCUT2D eigenvalue weighted by molar-refractivity contribution is 0.332. The van der Waals surface area contributed by atoms with Gasteiger partial charge in [-0.05, 0) is 30.9 Å². The zero-order chi connectivity index (χ0) is 11.0. The lowest BCUT2D eigenvalue weighted by Gasteiger charge is -2.25. The van der Waals surface area contributed by atoms with Gasteiger partial charge in [-0.15, -0.1) is 0 Å². The van der Waals surface area contributed by atoms with Gasteiger partial charge in [0.05, 0.1) is 11.0 Å². The molecule has 0 bridgehead atoms. The van der Waals surface area contributed by atoms with Crippen LogP contribution in [0.3, 0.4) is 0 Å². The van der Waals surface area contributed by atoms with E-state index in [1.165, 1.54) is 24.8 Å². The molecule has 1 aliphatic carbocycles. The Balaban J connectivity index is 1.82. The summed E-state index contributed by atoms with van der Waals surface area (Å²) in [6.07, 6.45) is 4.14. The van der Waals surface area contributed by atoms with Gasteiger partial charge in [0.25, 0.3) is 0 Å². The maximum Gasteiger partial charge on any atom is 0.203 e. The second kappa shape index (κ2) is 3.81. The monoisotopic (exact) mass is 215 g/mol. The molecule has 0 atom stereocenters. The van der Waals surface area contributed by atoms with Crippen molar-refractivity contribution >= 4 is 17.0 Å². The van der Waals surface area contributed by atoms with E-state index in [9.17, 15) is 0 Å². The maximum atomic E-state index is 4.59. The van der Waals surface area contributed by atoms with Crippen molar-refractivity contribution in [2.75, 3.05) is 11.9 Å². The Labute approximate surface area is 95.5 Å². The number of nitrogens with one attached hydrogen (secondary N) is 1. The summed E-state index contributed by atoms with van der Waals surface area (Å²) in [6, 6.07) is 8.26. The average molecular weight is 215 g/mol. The van der Waals surface area contributed by atoms with Crippen LogP contribution >= 0.6 is 0 Å². The van der Waals surface area contributed by atoms with E-state index in [2.05, 4.69) is 40.1 Å². The van der Waals surface area contributed by atoms with Crippen LogP contribution in [0.25, 0.3) is 11.0 Å². The Hall–Kier alpha value is -1.51. The molecule has 1 aromatic carbocycles. The van der Waals surface area contributed by atoms with Gasteiger partial charge in [-0.1, -0.05) is 18.6 Å². The molecule has 1 aromatic heterocycles. The van der Waals surface area contributed by atoms with Gasteiger partial charge < -0.3 is 9.88 Å². The van der Waals surface area contributed by atoms with Crippen molar-refractivity contribution in [1.82, 2.24) is 9.55 Å². The van der Waals surface area contributed by atoms with Crippen LogP contribution < -0.4 is 5.32 Å². The molecule has 1 N–H and O–H groups in total. The van der Waals surface area contributed by atoms with Crippen molar-refractivity contribution in [2.45, 2.75) is 19.3 Å². The summed E-state index contributed by atoms with van der Waals surface area (Å²) < 4.78 is 2.13. The van der Waals surface area contributed by atoms with E-state index in [4.69, 9.17) is 0 Å². The van der Waals surface area contributed by atoms with E-state index < -0.39 is 0 Å². The van der Waals surface area contributed by atoms with Gasteiger partial charge in [0.2, 0.25) is 5.95 Å². The van der Waals surface area contributed by atoms with E-state index in [-0.39, 0.29) is 0 Å². The van der Waals surface area contributed by atoms with E-state index >= 15 is 0 Å². The first-order chi connectivity index (χ1) is 7.84. The lowest BCUT2D eigenvalue weighted by atomic mass is 9.85. The van der Waals surface area contributed by atoms with E-state index in [0.717, 1.165) is 23.9 Å². The number of hydrogen-bond donors (Lipinski definition) is 1. The first kappa shape index (κ1) is 9.70. The lowest BCUT2D eigenvalue weighted by Crippen LogP contribution is -2.22. The summed E-state index contributed by atoms with van der Waals surface area (Å²) in [4.78, 5) is 4.59. The summed E-state index contributed by atoms with van der Waals surface area (Å²) in [5, 5.41) is 3.46. The molecule has 1 fully saturated rings. The number of fused-ring (bicyclic) bond motifs is 1. The molecule has 0 spiro atoms. The maximum absolute atomic E-state index is 4.59. The minimum atomic E-state index is 0.861. The number of anilines is 1. The van der Waals surface area contributed by atoms with Crippen LogP contribution in [-0.2, 0) is 7.05 Å². The highest BCUT2D eigenvalue weighted by Crippen LogP contribution is 2.26. The largest absolute Gasteiger partial charge is 0.355 e. The molecule has 1 heterocycles. The van der Waals surface area contributed by atoms with Crippen LogP contribution in [0.1, 0.15) is 19.3 Å². The normalized spacial score (nSPS) is 16.3. The Kier molecular flexibility index (Phi) is 2.31. The standard InChI is InChI=1S/C13H17N3/c1-16-12-8-3-2-7-11(12)15-13(16)14-9-10-5-4-6-10/h2-3,7-8,10H,4-6,9H2,1H3,(H,14,15). The second-order valence-corrected chi connectivity index (χ2v) is 4.66. The minimum absolute atomic E-state index is 0.861. The van der Waals surface area contributed by atoms with Gasteiger partial charge >= 0.3 is 0 Å². The number of aromatic nitrogens is 2. The van der Waals surface area contributed by atoms with Crippen LogP contribution in [0.15, 0.2) is 24.3 Å². The quantitative estimate of drug-likeness (QED) is 0.853. The van der Waals surface area contributed by atoms with Gasteiger partial charge in [-0.25, -0.2) is 4.98 Å². The van der Waals surface area contributed by atoms with Crippen molar-refractivity contribution in [3.8, 4) is 0 Å². The predicted molar refractivity (Wildman–Crippen MR) is 66.5 cm³/mol. The fraction of sp³-hybridized carbons (Fsp3) is 0.462.